The zero-order chi connectivity index (χ0) is 31.2. The maximum absolute atomic E-state index is 14.1. The molecule has 0 aliphatic carbocycles. The SMILES string of the molecule is C=CCc1cc(/C=c2\sc3n(c2=O)[C@@H](c2ccccc2)C(C(=O)OC)=C(CC)N=3)cc(OCC)c1OCc1ccc(I)cc1. The summed E-state index contributed by atoms with van der Waals surface area (Å²) in [5.41, 5.74) is 4.30. The van der Waals surface area contributed by atoms with Gasteiger partial charge < -0.3 is 14.2 Å². The highest BCUT2D eigenvalue weighted by Gasteiger charge is 2.33. The molecule has 0 radical (unpaired) electrons. The minimum atomic E-state index is -0.649. The second-order valence-electron chi connectivity index (χ2n) is 10.0. The molecule has 4 aromatic rings. The number of allylic oxidation sites excluding steroid dienone is 2. The van der Waals surface area contributed by atoms with Crippen molar-refractivity contribution in [2.45, 2.75) is 39.3 Å². The molecule has 1 atom stereocenters. The molecule has 1 aromatic heterocycles. The predicted octanol–water partition coefficient (Wildman–Crippen LogP) is 6.11. The maximum Gasteiger partial charge on any atom is 0.338 e. The van der Waals surface area contributed by atoms with Gasteiger partial charge in [-0.15, -0.1) is 6.58 Å². The Hall–Kier alpha value is -3.96. The number of benzene rings is 3. The Morgan fingerprint density at radius 2 is 1.84 bits per heavy atom. The van der Waals surface area contributed by atoms with Gasteiger partial charge in [0.2, 0.25) is 0 Å². The molecule has 0 saturated carbocycles. The Kier molecular flexibility index (Phi) is 10.2. The number of hydrogen-bond acceptors (Lipinski definition) is 7. The Morgan fingerprint density at radius 3 is 2.50 bits per heavy atom. The van der Waals surface area contributed by atoms with E-state index >= 15 is 0 Å². The minimum Gasteiger partial charge on any atom is -0.490 e. The second kappa shape index (κ2) is 14.2. The fourth-order valence-electron chi connectivity index (χ4n) is 5.20. The van der Waals surface area contributed by atoms with Crippen molar-refractivity contribution in [3.05, 3.63) is 136 Å². The van der Waals surface area contributed by atoms with Gasteiger partial charge >= 0.3 is 5.97 Å². The molecule has 0 N–H and O–H groups in total. The molecule has 3 aromatic carbocycles. The summed E-state index contributed by atoms with van der Waals surface area (Å²) >= 11 is 3.58. The molecule has 9 heteroatoms. The summed E-state index contributed by atoms with van der Waals surface area (Å²) in [6.07, 6.45) is 4.74. The summed E-state index contributed by atoms with van der Waals surface area (Å²) in [4.78, 5) is 32.4. The van der Waals surface area contributed by atoms with E-state index in [4.69, 9.17) is 19.2 Å². The fourth-order valence-corrected chi connectivity index (χ4v) is 6.58. The highest BCUT2D eigenvalue weighted by Crippen LogP contribution is 2.35. The van der Waals surface area contributed by atoms with E-state index in [0.29, 0.717) is 58.2 Å². The van der Waals surface area contributed by atoms with E-state index in [9.17, 15) is 9.59 Å². The van der Waals surface area contributed by atoms with Crippen LogP contribution in [0.2, 0.25) is 0 Å². The minimum absolute atomic E-state index is 0.235. The van der Waals surface area contributed by atoms with Crippen LogP contribution in [-0.2, 0) is 22.6 Å². The standard InChI is InChI=1S/C35H33IN2O5S/c1-5-11-25-18-23(19-28(42-7-3)32(25)43-21-22-14-16-26(36)17-15-22)20-29-33(39)38-31(24-12-9-8-10-13-24)30(34(40)41-4)27(6-2)37-35(38)44-29/h5,8-10,12-20,31H,1,6-7,11,21H2,2-4H3/b29-20-/t31-/m0/s1. The molecule has 5 rings (SSSR count). The smallest absolute Gasteiger partial charge is 0.338 e. The lowest BCUT2D eigenvalue weighted by molar-refractivity contribution is -0.136. The van der Waals surface area contributed by atoms with Crippen molar-refractivity contribution in [3.8, 4) is 11.5 Å². The molecule has 1 aliphatic rings. The van der Waals surface area contributed by atoms with Crippen molar-refractivity contribution >= 4 is 46.0 Å². The molecule has 0 unspecified atom stereocenters. The number of aromatic nitrogens is 1. The molecule has 226 valence electrons. The lowest BCUT2D eigenvalue weighted by Crippen LogP contribution is -2.40. The van der Waals surface area contributed by atoms with Gasteiger partial charge in [0.15, 0.2) is 16.3 Å². The van der Waals surface area contributed by atoms with E-state index < -0.39 is 12.0 Å². The van der Waals surface area contributed by atoms with E-state index in [1.165, 1.54) is 18.4 Å². The van der Waals surface area contributed by atoms with Gasteiger partial charge in [0, 0.05) is 9.13 Å². The van der Waals surface area contributed by atoms with Crippen LogP contribution in [0.5, 0.6) is 11.5 Å². The third-order valence-electron chi connectivity index (χ3n) is 7.18. The van der Waals surface area contributed by atoms with E-state index in [1.807, 2.05) is 92.7 Å². The van der Waals surface area contributed by atoms with Crippen molar-refractivity contribution in [2.75, 3.05) is 13.7 Å². The Balaban J connectivity index is 1.63. The van der Waals surface area contributed by atoms with Crippen LogP contribution in [0.3, 0.4) is 0 Å². The van der Waals surface area contributed by atoms with Gasteiger partial charge in [-0.3, -0.25) is 9.36 Å². The van der Waals surface area contributed by atoms with Crippen LogP contribution in [-0.4, -0.2) is 24.3 Å². The Labute approximate surface area is 274 Å². The third kappa shape index (κ3) is 6.58. The van der Waals surface area contributed by atoms with Crippen LogP contribution < -0.4 is 24.4 Å². The summed E-state index contributed by atoms with van der Waals surface area (Å²) in [7, 11) is 1.35. The first kappa shape index (κ1) is 31.5. The van der Waals surface area contributed by atoms with E-state index in [1.54, 1.807) is 4.57 Å². The van der Waals surface area contributed by atoms with Crippen LogP contribution in [0.25, 0.3) is 6.08 Å². The quantitative estimate of drug-likeness (QED) is 0.106. The normalized spacial score (nSPS) is 14.5. The fraction of sp³-hybridized carbons (Fsp3) is 0.229. The molecular formula is C35H33IN2O5S. The number of nitrogens with zero attached hydrogens (tertiary/aromatic N) is 2. The molecule has 44 heavy (non-hydrogen) atoms. The highest BCUT2D eigenvalue weighted by atomic mass is 127. The molecule has 0 fully saturated rings. The number of methoxy groups -OCH3 is 1. The lowest BCUT2D eigenvalue weighted by Gasteiger charge is -2.25. The maximum atomic E-state index is 14.1. The lowest BCUT2D eigenvalue weighted by atomic mass is 9.95. The van der Waals surface area contributed by atoms with Crippen molar-refractivity contribution in [3.63, 3.8) is 0 Å². The van der Waals surface area contributed by atoms with Crippen LogP contribution in [0.4, 0.5) is 0 Å². The number of rotatable bonds is 11. The third-order valence-corrected chi connectivity index (χ3v) is 8.88. The molecule has 2 heterocycles. The van der Waals surface area contributed by atoms with Crippen molar-refractivity contribution in [2.24, 2.45) is 4.99 Å². The van der Waals surface area contributed by atoms with Gasteiger partial charge in [-0.2, -0.15) is 0 Å². The topological polar surface area (TPSA) is 79.1 Å². The van der Waals surface area contributed by atoms with E-state index in [2.05, 4.69) is 29.2 Å². The van der Waals surface area contributed by atoms with E-state index in [0.717, 1.165) is 25.8 Å². The summed E-state index contributed by atoms with van der Waals surface area (Å²) < 4.78 is 20.8. The number of thiazole rings is 1. The van der Waals surface area contributed by atoms with E-state index in [-0.39, 0.29) is 5.56 Å². The van der Waals surface area contributed by atoms with Crippen LogP contribution >= 0.6 is 33.9 Å². The van der Waals surface area contributed by atoms with Crippen molar-refractivity contribution in [1.29, 1.82) is 0 Å². The number of ether oxygens (including phenoxy) is 3. The van der Waals surface area contributed by atoms with Gasteiger partial charge in [-0.25, -0.2) is 9.79 Å². The van der Waals surface area contributed by atoms with Crippen LogP contribution in [0, 0.1) is 3.57 Å². The molecule has 0 amide bonds. The van der Waals surface area contributed by atoms with Crippen LogP contribution in [0.15, 0.2) is 100 Å². The molecule has 7 nitrogen and oxygen atoms in total. The Morgan fingerprint density at radius 1 is 1.09 bits per heavy atom. The van der Waals surface area contributed by atoms with Crippen LogP contribution in [0.1, 0.15) is 48.6 Å². The summed E-state index contributed by atoms with van der Waals surface area (Å²) in [6.45, 7) is 8.65. The highest BCUT2D eigenvalue weighted by molar-refractivity contribution is 14.1. The average Bonchev–Trinajstić information content (AvgIpc) is 3.34. The van der Waals surface area contributed by atoms with Crippen molar-refractivity contribution < 1.29 is 19.0 Å². The second-order valence-corrected chi connectivity index (χ2v) is 12.3. The first-order chi connectivity index (χ1) is 21.4. The first-order valence-electron chi connectivity index (χ1n) is 14.3. The molecule has 1 aliphatic heterocycles. The number of carbonyl (C=O) groups is 1. The number of halogens is 1. The van der Waals surface area contributed by atoms with Gasteiger partial charge in [-0.1, -0.05) is 66.8 Å². The van der Waals surface area contributed by atoms with Gasteiger partial charge in [-0.05, 0) is 89.4 Å². The molecular weight excluding hydrogens is 687 g/mol. The predicted molar refractivity (Wildman–Crippen MR) is 182 cm³/mol. The first-order valence-corrected chi connectivity index (χ1v) is 16.2. The number of esters is 1. The average molecular weight is 721 g/mol. The Bertz CT molecular complexity index is 1890. The number of hydrogen-bond donors (Lipinski definition) is 0. The van der Waals surface area contributed by atoms with Gasteiger partial charge in [0.25, 0.3) is 5.56 Å². The van der Waals surface area contributed by atoms with Crippen molar-refractivity contribution in [1.82, 2.24) is 4.57 Å². The summed E-state index contributed by atoms with van der Waals surface area (Å²) in [5, 5.41) is 0. The molecule has 0 saturated heterocycles. The zero-order valence-corrected chi connectivity index (χ0v) is 27.8. The number of fused-ring (bicyclic) bond motifs is 1. The summed E-state index contributed by atoms with van der Waals surface area (Å²) in [6, 6.07) is 20.9. The monoisotopic (exact) mass is 720 g/mol. The molecule has 0 spiro atoms. The summed E-state index contributed by atoms with van der Waals surface area (Å²) in [5.74, 6) is 0.757. The number of carbonyl (C=O) groups excluding carboxylic acids is 1. The van der Waals surface area contributed by atoms with Gasteiger partial charge in [0.1, 0.15) is 6.61 Å². The zero-order valence-electron chi connectivity index (χ0n) is 24.8. The molecule has 0 bridgehead atoms. The van der Waals surface area contributed by atoms with Gasteiger partial charge in [0.05, 0.1) is 35.6 Å². The largest absolute Gasteiger partial charge is 0.490 e.